The second-order valence-corrected chi connectivity index (χ2v) is 6.58. The first kappa shape index (κ1) is 19.1. The van der Waals surface area contributed by atoms with E-state index in [2.05, 4.69) is 9.88 Å². The van der Waals surface area contributed by atoms with Crippen LogP contribution in [0.4, 0.5) is 13.2 Å². The molecule has 1 aromatic heterocycles. The van der Waals surface area contributed by atoms with Crippen molar-refractivity contribution in [3.8, 4) is 0 Å². The molecule has 1 aliphatic rings. The quantitative estimate of drug-likeness (QED) is 0.814. The zero-order valence-corrected chi connectivity index (χ0v) is 14.8. The Hall–Kier alpha value is -1.64. The fourth-order valence-corrected chi connectivity index (χ4v) is 3.33. The van der Waals surface area contributed by atoms with Gasteiger partial charge < -0.3 is 15.0 Å². The van der Waals surface area contributed by atoms with E-state index in [1.807, 2.05) is 4.57 Å². The highest BCUT2D eigenvalue weighted by Crippen LogP contribution is 2.31. The van der Waals surface area contributed by atoms with Crippen LogP contribution in [0.3, 0.4) is 0 Å². The summed E-state index contributed by atoms with van der Waals surface area (Å²) in [6.07, 6.45) is -2.00. The predicted octanol–water partition coefficient (Wildman–Crippen LogP) is 2.67. The molecular weight excluding hydrogens is 345 g/mol. The first-order chi connectivity index (χ1) is 12.5. The van der Waals surface area contributed by atoms with Crippen LogP contribution in [-0.2, 0) is 23.9 Å². The molecule has 0 bridgehead atoms. The number of halogens is 3. The number of aryl methyl sites for hydroxylation is 2. The number of imidazole rings is 1. The Labute approximate surface area is 150 Å². The van der Waals surface area contributed by atoms with Crippen LogP contribution in [0.1, 0.15) is 24.2 Å². The third-order valence-corrected chi connectivity index (χ3v) is 4.72. The topological polar surface area (TPSA) is 56.3 Å². The molecule has 0 atom stereocenters. The highest BCUT2D eigenvalue weighted by atomic mass is 19.4. The number of benzene rings is 1. The molecule has 1 aliphatic heterocycles. The number of ether oxygens (including phenoxy) is 1. The summed E-state index contributed by atoms with van der Waals surface area (Å²) in [5.74, 6) is 0.812. The molecule has 144 valence electrons. The number of hydrogen-bond donors (Lipinski definition) is 1. The van der Waals surface area contributed by atoms with Crippen molar-refractivity contribution in [1.82, 2.24) is 14.5 Å². The van der Waals surface area contributed by atoms with Crippen LogP contribution in [0.25, 0.3) is 11.0 Å². The van der Waals surface area contributed by atoms with Crippen LogP contribution in [0, 0.1) is 0 Å². The average molecular weight is 370 g/mol. The minimum absolute atomic E-state index is 0.401. The number of hydrogen-bond acceptors (Lipinski definition) is 4. The molecule has 5 nitrogen and oxygen atoms in total. The van der Waals surface area contributed by atoms with E-state index in [4.69, 9.17) is 10.5 Å². The summed E-state index contributed by atoms with van der Waals surface area (Å²) in [6.45, 7) is 5.59. The van der Waals surface area contributed by atoms with E-state index >= 15 is 0 Å². The maximum Gasteiger partial charge on any atom is 0.416 e. The fraction of sp³-hybridized carbons (Fsp3) is 0.611. The predicted molar refractivity (Wildman–Crippen MR) is 94.0 cm³/mol. The van der Waals surface area contributed by atoms with Crippen molar-refractivity contribution in [2.24, 2.45) is 5.73 Å². The second kappa shape index (κ2) is 8.37. The van der Waals surface area contributed by atoms with Gasteiger partial charge in [-0.15, -0.1) is 0 Å². The smallest absolute Gasteiger partial charge is 0.379 e. The van der Waals surface area contributed by atoms with Crippen molar-refractivity contribution in [3.05, 3.63) is 29.6 Å². The van der Waals surface area contributed by atoms with Crippen LogP contribution in [0.5, 0.6) is 0 Å². The second-order valence-electron chi connectivity index (χ2n) is 6.58. The molecule has 26 heavy (non-hydrogen) atoms. The SMILES string of the molecule is NCCCc1nc2cc(C(F)(F)F)ccc2n1CCCN1CCOCC1. The van der Waals surface area contributed by atoms with Gasteiger partial charge in [0, 0.05) is 32.6 Å². The van der Waals surface area contributed by atoms with E-state index in [9.17, 15) is 13.2 Å². The zero-order chi connectivity index (χ0) is 18.6. The average Bonchev–Trinajstić information content (AvgIpc) is 2.97. The van der Waals surface area contributed by atoms with Crippen molar-refractivity contribution in [2.75, 3.05) is 39.4 Å². The first-order valence-electron chi connectivity index (χ1n) is 9.05. The lowest BCUT2D eigenvalue weighted by molar-refractivity contribution is -0.137. The summed E-state index contributed by atoms with van der Waals surface area (Å²) < 4.78 is 46.3. The van der Waals surface area contributed by atoms with Gasteiger partial charge in [-0.25, -0.2) is 4.98 Å². The lowest BCUT2D eigenvalue weighted by atomic mass is 10.2. The molecule has 0 spiro atoms. The van der Waals surface area contributed by atoms with Gasteiger partial charge in [-0.05, 0) is 37.6 Å². The molecule has 2 aromatic rings. The highest BCUT2D eigenvalue weighted by molar-refractivity contribution is 5.77. The maximum absolute atomic E-state index is 13.0. The van der Waals surface area contributed by atoms with Crippen molar-refractivity contribution in [2.45, 2.75) is 32.0 Å². The summed E-state index contributed by atoms with van der Waals surface area (Å²) in [5, 5.41) is 0. The van der Waals surface area contributed by atoms with E-state index in [-0.39, 0.29) is 0 Å². The number of aromatic nitrogens is 2. The van der Waals surface area contributed by atoms with E-state index in [0.29, 0.717) is 18.5 Å². The Morgan fingerprint density at radius 2 is 1.88 bits per heavy atom. The molecule has 1 saturated heterocycles. The van der Waals surface area contributed by atoms with E-state index in [0.717, 1.165) is 75.7 Å². The maximum atomic E-state index is 13.0. The number of fused-ring (bicyclic) bond motifs is 1. The van der Waals surface area contributed by atoms with Gasteiger partial charge in [-0.3, -0.25) is 4.90 Å². The van der Waals surface area contributed by atoms with Gasteiger partial charge in [0.2, 0.25) is 0 Å². The number of rotatable bonds is 7. The number of nitrogens with two attached hydrogens (primary N) is 1. The Kier molecular flexibility index (Phi) is 6.16. The van der Waals surface area contributed by atoms with Gasteiger partial charge in [-0.1, -0.05) is 0 Å². The normalized spacial score (nSPS) is 16.5. The highest BCUT2D eigenvalue weighted by Gasteiger charge is 2.31. The molecular formula is C18H25F3N4O. The van der Waals surface area contributed by atoms with Crippen molar-refractivity contribution < 1.29 is 17.9 Å². The van der Waals surface area contributed by atoms with Crippen molar-refractivity contribution in [1.29, 1.82) is 0 Å². The Morgan fingerprint density at radius 1 is 1.12 bits per heavy atom. The van der Waals surface area contributed by atoms with Gasteiger partial charge >= 0.3 is 6.18 Å². The van der Waals surface area contributed by atoms with Crippen LogP contribution >= 0.6 is 0 Å². The molecule has 1 fully saturated rings. The van der Waals surface area contributed by atoms with Crippen LogP contribution < -0.4 is 5.73 Å². The third kappa shape index (κ3) is 4.55. The zero-order valence-electron chi connectivity index (χ0n) is 14.8. The molecule has 3 rings (SSSR count). The van der Waals surface area contributed by atoms with E-state index in [1.165, 1.54) is 6.07 Å². The van der Waals surface area contributed by atoms with Crippen LogP contribution in [0.15, 0.2) is 18.2 Å². The number of nitrogens with zero attached hydrogens (tertiary/aromatic N) is 3. The van der Waals surface area contributed by atoms with Gasteiger partial charge in [0.1, 0.15) is 5.82 Å². The summed E-state index contributed by atoms with van der Waals surface area (Å²) >= 11 is 0. The summed E-state index contributed by atoms with van der Waals surface area (Å²) in [6, 6.07) is 3.81. The van der Waals surface area contributed by atoms with Crippen molar-refractivity contribution in [3.63, 3.8) is 0 Å². The summed E-state index contributed by atoms with van der Waals surface area (Å²) in [5.41, 5.74) is 6.09. The minimum Gasteiger partial charge on any atom is -0.379 e. The third-order valence-electron chi connectivity index (χ3n) is 4.72. The molecule has 0 amide bonds. The number of morpholine rings is 1. The lowest BCUT2D eigenvalue weighted by Gasteiger charge is -2.26. The fourth-order valence-electron chi connectivity index (χ4n) is 3.33. The molecule has 0 aliphatic carbocycles. The Morgan fingerprint density at radius 3 is 2.58 bits per heavy atom. The van der Waals surface area contributed by atoms with Gasteiger partial charge in [0.25, 0.3) is 0 Å². The minimum atomic E-state index is -4.36. The standard InChI is InChI=1S/C18H25F3N4O/c19-18(20,21)14-4-5-16-15(13-14)23-17(3-1-6-22)25(16)8-2-7-24-9-11-26-12-10-24/h4-5,13H,1-3,6-12,22H2. The van der Waals surface area contributed by atoms with Crippen LogP contribution in [-0.4, -0.2) is 53.8 Å². The molecule has 2 heterocycles. The van der Waals surface area contributed by atoms with Crippen LogP contribution in [0.2, 0.25) is 0 Å². The monoisotopic (exact) mass is 370 g/mol. The summed E-state index contributed by atoms with van der Waals surface area (Å²) in [4.78, 5) is 6.81. The molecule has 8 heteroatoms. The largest absolute Gasteiger partial charge is 0.416 e. The molecule has 0 radical (unpaired) electrons. The summed E-state index contributed by atoms with van der Waals surface area (Å²) in [7, 11) is 0. The van der Waals surface area contributed by atoms with E-state index in [1.54, 1.807) is 0 Å². The molecule has 1 aromatic carbocycles. The Balaban J connectivity index is 1.78. The molecule has 2 N–H and O–H groups in total. The molecule has 0 unspecified atom stereocenters. The first-order valence-corrected chi connectivity index (χ1v) is 9.05. The van der Waals surface area contributed by atoms with Gasteiger partial charge in [0.05, 0.1) is 29.8 Å². The Bertz CT molecular complexity index is 723. The van der Waals surface area contributed by atoms with E-state index < -0.39 is 11.7 Å². The number of alkyl halides is 3. The van der Waals surface area contributed by atoms with Crippen molar-refractivity contribution >= 4 is 11.0 Å². The molecule has 0 saturated carbocycles. The van der Waals surface area contributed by atoms with Gasteiger partial charge in [0.15, 0.2) is 0 Å². The lowest BCUT2D eigenvalue weighted by Crippen LogP contribution is -2.37. The van der Waals surface area contributed by atoms with Gasteiger partial charge in [-0.2, -0.15) is 13.2 Å².